The Morgan fingerprint density at radius 2 is 2.22 bits per heavy atom. The van der Waals surface area contributed by atoms with Crippen LogP contribution in [0.25, 0.3) is 11.0 Å². The molecule has 0 aliphatic heterocycles. The highest BCUT2D eigenvalue weighted by molar-refractivity contribution is 5.92. The van der Waals surface area contributed by atoms with Crippen molar-refractivity contribution in [2.75, 3.05) is 12.3 Å². The Morgan fingerprint density at radius 1 is 1.44 bits per heavy atom. The predicted octanol–water partition coefficient (Wildman–Crippen LogP) is 1.94. The second-order valence-corrected chi connectivity index (χ2v) is 3.83. The van der Waals surface area contributed by atoms with Crippen molar-refractivity contribution in [2.24, 2.45) is 0 Å². The van der Waals surface area contributed by atoms with Gasteiger partial charge in [0.15, 0.2) is 5.43 Å². The lowest BCUT2D eigenvalue weighted by Crippen LogP contribution is -2.11. The average Bonchev–Trinajstić information content (AvgIpc) is 2.35. The van der Waals surface area contributed by atoms with Crippen LogP contribution in [0.5, 0.6) is 0 Å². The third-order valence-corrected chi connectivity index (χ3v) is 2.43. The Bertz CT molecular complexity index is 645. The minimum Gasteiger partial charge on any atom is -0.460 e. The zero-order chi connectivity index (χ0) is 13.1. The van der Waals surface area contributed by atoms with Gasteiger partial charge in [-0.05, 0) is 18.6 Å². The summed E-state index contributed by atoms with van der Waals surface area (Å²) >= 11 is 0. The van der Waals surface area contributed by atoms with E-state index in [0.29, 0.717) is 12.1 Å². The largest absolute Gasteiger partial charge is 0.460 e. The summed E-state index contributed by atoms with van der Waals surface area (Å²) in [5, 5.41) is 0.282. The average molecular weight is 247 g/mol. The number of nitrogens with two attached hydrogens (primary N) is 1. The van der Waals surface area contributed by atoms with Gasteiger partial charge in [0.1, 0.15) is 5.58 Å². The van der Waals surface area contributed by atoms with E-state index < -0.39 is 5.97 Å². The van der Waals surface area contributed by atoms with Crippen LogP contribution in [-0.2, 0) is 4.74 Å². The van der Waals surface area contributed by atoms with E-state index in [1.165, 1.54) is 0 Å². The zero-order valence-electron chi connectivity index (χ0n) is 9.93. The maximum absolute atomic E-state index is 11.9. The molecular formula is C13H13NO4. The quantitative estimate of drug-likeness (QED) is 0.662. The highest BCUT2D eigenvalue weighted by atomic mass is 16.5. The third kappa shape index (κ3) is 2.20. The van der Waals surface area contributed by atoms with Gasteiger partial charge in [0.05, 0.1) is 12.0 Å². The lowest BCUT2D eigenvalue weighted by molar-refractivity contribution is 0.0469. The second-order valence-electron chi connectivity index (χ2n) is 3.83. The van der Waals surface area contributed by atoms with Crippen molar-refractivity contribution >= 4 is 22.6 Å². The molecule has 2 rings (SSSR count). The Hall–Kier alpha value is -2.30. The maximum atomic E-state index is 11.9. The molecular weight excluding hydrogens is 234 g/mol. The SMILES string of the molecule is CCCOC(=O)c1cc(=O)c2c(N)cccc2o1. The summed E-state index contributed by atoms with van der Waals surface area (Å²) in [6, 6.07) is 5.95. The fourth-order valence-electron chi connectivity index (χ4n) is 1.60. The molecule has 1 heterocycles. The van der Waals surface area contributed by atoms with Gasteiger partial charge >= 0.3 is 5.97 Å². The molecule has 2 N–H and O–H groups in total. The molecule has 0 saturated carbocycles. The molecule has 0 spiro atoms. The van der Waals surface area contributed by atoms with E-state index in [1.807, 2.05) is 6.92 Å². The number of benzene rings is 1. The number of hydrogen-bond acceptors (Lipinski definition) is 5. The van der Waals surface area contributed by atoms with Crippen LogP contribution in [-0.4, -0.2) is 12.6 Å². The first-order chi connectivity index (χ1) is 8.63. The van der Waals surface area contributed by atoms with E-state index in [9.17, 15) is 9.59 Å². The van der Waals surface area contributed by atoms with Gasteiger partial charge in [0.25, 0.3) is 0 Å². The molecule has 0 atom stereocenters. The molecule has 0 aliphatic carbocycles. The lowest BCUT2D eigenvalue weighted by Gasteiger charge is -2.04. The monoisotopic (exact) mass is 247 g/mol. The summed E-state index contributed by atoms with van der Waals surface area (Å²) in [6.07, 6.45) is 0.705. The van der Waals surface area contributed by atoms with E-state index in [-0.39, 0.29) is 28.8 Å². The van der Waals surface area contributed by atoms with Gasteiger partial charge in [-0.3, -0.25) is 4.79 Å². The molecule has 0 bridgehead atoms. The molecule has 2 aromatic rings. The molecule has 1 aromatic carbocycles. The standard InChI is InChI=1S/C13H13NO4/c1-2-6-17-13(16)11-7-9(15)12-8(14)4-3-5-10(12)18-11/h3-5,7H,2,6,14H2,1H3. The van der Waals surface area contributed by atoms with Crippen LogP contribution in [0.3, 0.4) is 0 Å². The number of carbonyl (C=O) groups excluding carboxylic acids is 1. The number of fused-ring (bicyclic) bond motifs is 1. The van der Waals surface area contributed by atoms with Crippen LogP contribution in [0.1, 0.15) is 23.9 Å². The highest BCUT2D eigenvalue weighted by Crippen LogP contribution is 2.18. The summed E-state index contributed by atoms with van der Waals surface area (Å²) in [5.74, 6) is -0.746. The molecule has 1 aromatic heterocycles. The van der Waals surface area contributed by atoms with Gasteiger partial charge in [-0.2, -0.15) is 0 Å². The first kappa shape index (κ1) is 12.2. The molecule has 5 nitrogen and oxygen atoms in total. The minimum absolute atomic E-state index is 0.105. The number of ether oxygens (including phenoxy) is 1. The second kappa shape index (κ2) is 4.91. The smallest absolute Gasteiger partial charge is 0.374 e. The molecule has 0 unspecified atom stereocenters. The number of esters is 1. The summed E-state index contributed by atoms with van der Waals surface area (Å²) < 4.78 is 10.2. The van der Waals surface area contributed by atoms with Crippen molar-refractivity contribution in [3.05, 3.63) is 40.2 Å². The number of anilines is 1. The van der Waals surface area contributed by atoms with Crippen LogP contribution < -0.4 is 11.2 Å². The molecule has 0 amide bonds. The molecule has 0 fully saturated rings. The van der Waals surface area contributed by atoms with Gasteiger partial charge in [-0.1, -0.05) is 13.0 Å². The van der Waals surface area contributed by atoms with Crippen LogP contribution in [0.15, 0.2) is 33.5 Å². The zero-order valence-corrected chi connectivity index (χ0v) is 9.93. The van der Waals surface area contributed by atoms with Crippen LogP contribution in [0.2, 0.25) is 0 Å². The van der Waals surface area contributed by atoms with Gasteiger partial charge in [-0.15, -0.1) is 0 Å². The Balaban J connectivity index is 2.50. The van der Waals surface area contributed by atoms with Crippen LogP contribution in [0, 0.1) is 0 Å². The van der Waals surface area contributed by atoms with Gasteiger partial charge in [0, 0.05) is 11.8 Å². The van der Waals surface area contributed by atoms with Crippen molar-refractivity contribution in [1.82, 2.24) is 0 Å². The van der Waals surface area contributed by atoms with Crippen molar-refractivity contribution < 1.29 is 13.9 Å². The number of carbonyl (C=O) groups is 1. The summed E-state index contributed by atoms with van der Waals surface area (Å²) in [5.41, 5.74) is 5.95. The van der Waals surface area contributed by atoms with Gasteiger partial charge in [-0.25, -0.2) is 4.79 Å². The number of rotatable bonds is 3. The Labute approximate surface area is 103 Å². The first-order valence-electron chi connectivity index (χ1n) is 5.63. The predicted molar refractivity (Wildman–Crippen MR) is 67.5 cm³/mol. The molecule has 5 heteroatoms. The van der Waals surface area contributed by atoms with E-state index in [1.54, 1.807) is 18.2 Å². The molecule has 0 aliphatic rings. The topological polar surface area (TPSA) is 82.5 Å². The Morgan fingerprint density at radius 3 is 2.94 bits per heavy atom. The highest BCUT2D eigenvalue weighted by Gasteiger charge is 2.14. The van der Waals surface area contributed by atoms with Crippen molar-refractivity contribution in [1.29, 1.82) is 0 Å². The van der Waals surface area contributed by atoms with Crippen LogP contribution in [0.4, 0.5) is 5.69 Å². The molecule has 0 radical (unpaired) electrons. The van der Waals surface area contributed by atoms with E-state index >= 15 is 0 Å². The summed E-state index contributed by atoms with van der Waals surface area (Å²) in [6.45, 7) is 2.17. The maximum Gasteiger partial charge on any atom is 0.374 e. The van der Waals surface area contributed by atoms with Gasteiger partial charge in [0.2, 0.25) is 5.76 Å². The molecule has 18 heavy (non-hydrogen) atoms. The van der Waals surface area contributed by atoms with Crippen molar-refractivity contribution in [2.45, 2.75) is 13.3 Å². The number of nitrogen functional groups attached to an aromatic ring is 1. The number of hydrogen-bond donors (Lipinski definition) is 1. The fraction of sp³-hybridized carbons (Fsp3) is 0.231. The van der Waals surface area contributed by atoms with Gasteiger partial charge < -0.3 is 14.9 Å². The van der Waals surface area contributed by atoms with E-state index in [0.717, 1.165) is 6.07 Å². The molecule has 94 valence electrons. The van der Waals surface area contributed by atoms with E-state index in [4.69, 9.17) is 14.9 Å². The lowest BCUT2D eigenvalue weighted by atomic mass is 10.2. The normalized spacial score (nSPS) is 10.5. The van der Waals surface area contributed by atoms with E-state index in [2.05, 4.69) is 0 Å². The van der Waals surface area contributed by atoms with Crippen LogP contribution >= 0.6 is 0 Å². The third-order valence-electron chi connectivity index (χ3n) is 2.43. The Kier molecular flexibility index (Phi) is 3.32. The molecule has 0 saturated heterocycles. The first-order valence-corrected chi connectivity index (χ1v) is 5.63. The fourth-order valence-corrected chi connectivity index (χ4v) is 1.60. The van der Waals surface area contributed by atoms with Crippen molar-refractivity contribution in [3.63, 3.8) is 0 Å². The minimum atomic E-state index is -0.640. The summed E-state index contributed by atoms with van der Waals surface area (Å²) in [7, 11) is 0. The summed E-state index contributed by atoms with van der Waals surface area (Å²) in [4.78, 5) is 23.4. The van der Waals surface area contributed by atoms with Crippen molar-refractivity contribution in [3.8, 4) is 0 Å².